The minimum Gasteiger partial charge on any atom is -0.0616 e. The molecule has 0 spiro atoms. The zero-order valence-corrected chi connectivity index (χ0v) is 18.9. The molecule has 0 heteroatoms. The molecule has 0 N–H and O–H groups in total. The van der Waals surface area contributed by atoms with Crippen molar-refractivity contribution in [2.45, 2.75) is 52.4 Å². The summed E-state index contributed by atoms with van der Waals surface area (Å²) in [5, 5.41) is 2.77. The van der Waals surface area contributed by atoms with E-state index in [2.05, 4.69) is 114 Å². The van der Waals surface area contributed by atoms with E-state index in [9.17, 15) is 0 Å². The van der Waals surface area contributed by atoms with E-state index < -0.39 is 0 Å². The molecule has 0 bridgehead atoms. The van der Waals surface area contributed by atoms with Gasteiger partial charge in [0.05, 0.1) is 0 Å². The SMILES string of the molecule is CC(C)(C)c1cccc(C(C)(C)C)c1-c1ccc2c3c(cccc13)-c1ccccc1-2. The Morgan fingerprint density at radius 1 is 0.433 bits per heavy atom. The fourth-order valence-corrected chi connectivity index (χ4v) is 5.12. The van der Waals surface area contributed by atoms with Gasteiger partial charge in [-0.25, -0.2) is 0 Å². The van der Waals surface area contributed by atoms with Crippen LogP contribution >= 0.6 is 0 Å². The third kappa shape index (κ3) is 2.74. The summed E-state index contributed by atoms with van der Waals surface area (Å²) >= 11 is 0. The molecule has 0 nitrogen and oxygen atoms in total. The highest BCUT2D eigenvalue weighted by Crippen LogP contribution is 2.51. The quantitative estimate of drug-likeness (QED) is 0.268. The maximum absolute atomic E-state index is 2.36. The van der Waals surface area contributed by atoms with Gasteiger partial charge in [0.15, 0.2) is 0 Å². The maximum Gasteiger partial charge on any atom is -0.00201 e. The van der Waals surface area contributed by atoms with Gasteiger partial charge in [-0.2, -0.15) is 0 Å². The Hall–Kier alpha value is -2.86. The maximum atomic E-state index is 2.36. The fraction of sp³-hybridized carbons (Fsp3) is 0.267. The van der Waals surface area contributed by atoms with Gasteiger partial charge in [0.25, 0.3) is 0 Å². The molecule has 1 aliphatic carbocycles. The number of hydrogen-bond acceptors (Lipinski definition) is 0. The van der Waals surface area contributed by atoms with Crippen LogP contribution in [0.1, 0.15) is 52.7 Å². The van der Waals surface area contributed by atoms with Crippen molar-refractivity contribution < 1.29 is 0 Å². The van der Waals surface area contributed by atoms with Crippen molar-refractivity contribution in [2.24, 2.45) is 0 Å². The first kappa shape index (κ1) is 19.1. The summed E-state index contributed by atoms with van der Waals surface area (Å²) in [7, 11) is 0. The van der Waals surface area contributed by atoms with E-state index in [-0.39, 0.29) is 10.8 Å². The highest BCUT2D eigenvalue weighted by Gasteiger charge is 2.29. The lowest BCUT2D eigenvalue weighted by molar-refractivity contribution is 0.572. The van der Waals surface area contributed by atoms with E-state index in [1.165, 1.54) is 55.3 Å². The van der Waals surface area contributed by atoms with E-state index in [0.29, 0.717) is 0 Å². The molecule has 0 fully saturated rings. The molecule has 150 valence electrons. The Balaban J connectivity index is 1.91. The molecule has 0 aromatic heterocycles. The molecule has 0 amide bonds. The van der Waals surface area contributed by atoms with Crippen LogP contribution in [0.3, 0.4) is 0 Å². The van der Waals surface area contributed by atoms with E-state index >= 15 is 0 Å². The second kappa shape index (κ2) is 6.32. The summed E-state index contributed by atoms with van der Waals surface area (Å²) in [6.45, 7) is 14.0. The summed E-state index contributed by atoms with van der Waals surface area (Å²) in [6.07, 6.45) is 0. The second-order valence-electron chi connectivity index (χ2n) is 10.7. The lowest BCUT2D eigenvalue weighted by atomic mass is 9.73. The molecular weight excluding hydrogens is 360 g/mol. The van der Waals surface area contributed by atoms with Gasteiger partial charge in [-0.05, 0) is 66.1 Å². The molecule has 0 heterocycles. The van der Waals surface area contributed by atoms with Crippen LogP contribution in [0.25, 0.3) is 44.2 Å². The van der Waals surface area contributed by atoms with Gasteiger partial charge in [0.1, 0.15) is 0 Å². The summed E-state index contributed by atoms with van der Waals surface area (Å²) in [4.78, 5) is 0. The van der Waals surface area contributed by atoms with Crippen LogP contribution < -0.4 is 0 Å². The Morgan fingerprint density at radius 2 is 0.900 bits per heavy atom. The van der Waals surface area contributed by atoms with Gasteiger partial charge in [-0.15, -0.1) is 0 Å². The molecule has 4 aromatic rings. The Morgan fingerprint density at radius 3 is 1.47 bits per heavy atom. The predicted molar refractivity (Wildman–Crippen MR) is 131 cm³/mol. The van der Waals surface area contributed by atoms with Gasteiger partial charge >= 0.3 is 0 Å². The van der Waals surface area contributed by atoms with Gasteiger partial charge in [-0.3, -0.25) is 0 Å². The Labute approximate surface area is 180 Å². The lowest BCUT2D eigenvalue weighted by Gasteiger charge is -2.31. The molecule has 0 aliphatic heterocycles. The first-order valence-corrected chi connectivity index (χ1v) is 11.0. The zero-order valence-electron chi connectivity index (χ0n) is 18.9. The summed E-state index contributed by atoms with van der Waals surface area (Å²) in [5.41, 5.74) is 11.2. The topological polar surface area (TPSA) is 0 Å². The average Bonchev–Trinajstić information content (AvgIpc) is 3.02. The van der Waals surface area contributed by atoms with Gasteiger partial charge in [-0.1, -0.05) is 114 Å². The van der Waals surface area contributed by atoms with Crippen molar-refractivity contribution in [3.63, 3.8) is 0 Å². The number of rotatable bonds is 1. The molecular formula is C30H30. The molecule has 5 rings (SSSR count). The normalized spacial score (nSPS) is 13.0. The van der Waals surface area contributed by atoms with Gasteiger partial charge in [0, 0.05) is 0 Å². The highest BCUT2D eigenvalue weighted by atomic mass is 14.3. The van der Waals surface area contributed by atoms with Crippen molar-refractivity contribution in [3.05, 3.63) is 83.9 Å². The van der Waals surface area contributed by atoms with Crippen LogP contribution in [-0.4, -0.2) is 0 Å². The highest BCUT2D eigenvalue weighted by molar-refractivity contribution is 6.18. The van der Waals surface area contributed by atoms with E-state index in [0.717, 1.165) is 0 Å². The van der Waals surface area contributed by atoms with Gasteiger partial charge in [0.2, 0.25) is 0 Å². The smallest absolute Gasteiger partial charge is 0.00201 e. The summed E-state index contributed by atoms with van der Waals surface area (Å²) in [6, 6.07) is 27.2. The molecule has 0 atom stereocenters. The minimum atomic E-state index is 0.0718. The third-order valence-corrected chi connectivity index (χ3v) is 6.50. The van der Waals surface area contributed by atoms with E-state index in [1.807, 2.05) is 0 Å². The lowest BCUT2D eigenvalue weighted by Crippen LogP contribution is -2.19. The van der Waals surface area contributed by atoms with Crippen LogP contribution in [-0.2, 0) is 10.8 Å². The standard InChI is InChI=1S/C30H30/c1-29(2,3)25-15-10-16-26(30(4,5)6)28(25)24-18-17-23-20-12-8-7-11-19(20)21-13-9-14-22(24)27(21)23/h7-18H,1-6H3. The molecule has 30 heavy (non-hydrogen) atoms. The predicted octanol–water partition coefficient (Wildman–Crippen LogP) is 8.75. The Bertz CT molecular complexity index is 1230. The largest absolute Gasteiger partial charge is 0.0616 e. The molecule has 0 unspecified atom stereocenters. The van der Waals surface area contributed by atoms with Crippen molar-refractivity contribution in [2.75, 3.05) is 0 Å². The molecule has 0 radical (unpaired) electrons. The minimum absolute atomic E-state index is 0.0718. The average molecular weight is 391 g/mol. The third-order valence-electron chi connectivity index (χ3n) is 6.50. The van der Waals surface area contributed by atoms with Gasteiger partial charge < -0.3 is 0 Å². The summed E-state index contributed by atoms with van der Waals surface area (Å²) in [5.74, 6) is 0. The van der Waals surface area contributed by atoms with Crippen LogP contribution in [0.15, 0.2) is 72.8 Å². The van der Waals surface area contributed by atoms with E-state index in [4.69, 9.17) is 0 Å². The number of hydrogen-bond donors (Lipinski definition) is 0. The fourth-order valence-electron chi connectivity index (χ4n) is 5.12. The van der Waals surface area contributed by atoms with Crippen molar-refractivity contribution in [3.8, 4) is 33.4 Å². The van der Waals surface area contributed by atoms with E-state index in [1.54, 1.807) is 0 Å². The molecule has 0 saturated heterocycles. The van der Waals surface area contributed by atoms with Crippen LogP contribution in [0.2, 0.25) is 0 Å². The monoisotopic (exact) mass is 390 g/mol. The summed E-state index contributed by atoms with van der Waals surface area (Å²) < 4.78 is 0. The van der Waals surface area contributed by atoms with Crippen molar-refractivity contribution in [1.29, 1.82) is 0 Å². The molecule has 4 aromatic carbocycles. The van der Waals surface area contributed by atoms with Crippen molar-refractivity contribution >= 4 is 10.8 Å². The van der Waals surface area contributed by atoms with Crippen LogP contribution in [0.4, 0.5) is 0 Å². The molecule has 1 aliphatic rings. The number of benzene rings is 4. The van der Waals surface area contributed by atoms with Crippen LogP contribution in [0.5, 0.6) is 0 Å². The van der Waals surface area contributed by atoms with Crippen molar-refractivity contribution in [1.82, 2.24) is 0 Å². The van der Waals surface area contributed by atoms with Crippen LogP contribution in [0, 0.1) is 0 Å². The molecule has 0 saturated carbocycles. The Kier molecular flexibility index (Phi) is 4.03. The zero-order chi connectivity index (χ0) is 21.3. The first-order valence-electron chi connectivity index (χ1n) is 11.0. The first-order chi connectivity index (χ1) is 14.2. The second-order valence-corrected chi connectivity index (χ2v) is 10.7. The number of fused-ring (bicyclic) bond motifs is 3.